The van der Waals surface area contributed by atoms with Crippen molar-refractivity contribution < 1.29 is 4.74 Å². The normalized spacial score (nSPS) is 10.2. The summed E-state index contributed by atoms with van der Waals surface area (Å²) in [5.74, 6) is 1.37. The number of ether oxygens (including phenoxy) is 1. The van der Waals surface area contributed by atoms with Crippen molar-refractivity contribution in [2.24, 2.45) is 0 Å². The highest BCUT2D eigenvalue weighted by atomic mass is 16.5. The van der Waals surface area contributed by atoms with Crippen molar-refractivity contribution in [3.8, 4) is 23.1 Å². The zero-order chi connectivity index (χ0) is 14.5. The zero-order valence-corrected chi connectivity index (χ0v) is 11.8. The van der Waals surface area contributed by atoms with Crippen LogP contribution in [0.5, 0.6) is 5.75 Å². The first-order valence-corrected chi connectivity index (χ1v) is 6.46. The van der Waals surface area contributed by atoms with Crippen molar-refractivity contribution in [3.05, 3.63) is 42.0 Å². The highest BCUT2D eigenvalue weighted by molar-refractivity contribution is 5.70. The number of methoxy groups -OCH3 is 1. The SMILES string of the molecule is COc1ccccc1-c1ccc(C#N)c(NC(C)C)n1. The largest absolute Gasteiger partial charge is 0.496 e. The molecule has 2 rings (SSSR count). The van der Waals surface area contributed by atoms with Crippen molar-refractivity contribution in [3.63, 3.8) is 0 Å². The molecule has 102 valence electrons. The number of hydrogen-bond acceptors (Lipinski definition) is 4. The van der Waals surface area contributed by atoms with Crippen molar-refractivity contribution in [2.75, 3.05) is 12.4 Å². The van der Waals surface area contributed by atoms with Gasteiger partial charge in [0.2, 0.25) is 0 Å². The predicted molar refractivity (Wildman–Crippen MR) is 79.7 cm³/mol. The first kappa shape index (κ1) is 13.9. The van der Waals surface area contributed by atoms with Crippen LogP contribution in [-0.2, 0) is 0 Å². The van der Waals surface area contributed by atoms with Gasteiger partial charge in [-0.1, -0.05) is 12.1 Å². The maximum atomic E-state index is 9.14. The van der Waals surface area contributed by atoms with E-state index in [0.29, 0.717) is 11.4 Å². The smallest absolute Gasteiger partial charge is 0.144 e. The van der Waals surface area contributed by atoms with Crippen LogP contribution in [0.1, 0.15) is 19.4 Å². The summed E-state index contributed by atoms with van der Waals surface area (Å²) in [6, 6.07) is 13.7. The molecule has 0 bridgehead atoms. The quantitative estimate of drug-likeness (QED) is 0.921. The van der Waals surface area contributed by atoms with Crippen molar-refractivity contribution in [1.29, 1.82) is 5.26 Å². The summed E-state index contributed by atoms with van der Waals surface area (Å²) in [6.45, 7) is 4.03. The Bertz CT molecular complexity index is 644. The average Bonchev–Trinajstić information content (AvgIpc) is 2.46. The van der Waals surface area contributed by atoms with E-state index in [9.17, 15) is 0 Å². The van der Waals surface area contributed by atoms with Crippen molar-refractivity contribution in [1.82, 2.24) is 4.98 Å². The molecule has 0 aliphatic carbocycles. The lowest BCUT2D eigenvalue weighted by molar-refractivity contribution is 0.416. The van der Waals surface area contributed by atoms with E-state index in [4.69, 9.17) is 10.00 Å². The number of nitrogens with zero attached hydrogens (tertiary/aromatic N) is 2. The molecule has 4 nitrogen and oxygen atoms in total. The minimum atomic E-state index is 0.211. The van der Waals surface area contributed by atoms with Gasteiger partial charge < -0.3 is 10.1 Å². The van der Waals surface area contributed by atoms with Gasteiger partial charge in [0, 0.05) is 11.6 Å². The third-order valence-corrected chi connectivity index (χ3v) is 2.82. The molecule has 0 radical (unpaired) electrons. The number of aromatic nitrogens is 1. The van der Waals surface area contributed by atoms with Crippen LogP contribution >= 0.6 is 0 Å². The maximum Gasteiger partial charge on any atom is 0.144 e. The van der Waals surface area contributed by atoms with E-state index >= 15 is 0 Å². The summed E-state index contributed by atoms with van der Waals surface area (Å²) < 4.78 is 5.35. The summed E-state index contributed by atoms with van der Waals surface area (Å²) in [4.78, 5) is 4.55. The molecule has 0 saturated heterocycles. The minimum Gasteiger partial charge on any atom is -0.496 e. The molecule has 1 aromatic heterocycles. The van der Waals surface area contributed by atoms with E-state index in [2.05, 4.69) is 16.4 Å². The number of benzene rings is 1. The van der Waals surface area contributed by atoms with E-state index in [1.54, 1.807) is 13.2 Å². The number of nitrogens with one attached hydrogen (secondary N) is 1. The van der Waals surface area contributed by atoms with Gasteiger partial charge in [0.05, 0.1) is 18.4 Å². The molecule has 0 spiro atoms. The Hall–Kier alpha value is -2.54. The van der Waals surface area contributed by atoms with Gasteiger partial charge in [0.1, 0.15) is 17.6 Å². The lowest BCUT2D eigenvalue weighted by Crippen LogP contribution is -2.12. The van der Waals surface area contributed by atoms with Crippen LogP contribution in [-0.4, -0.2) is 18.1 Å². The number of hydrogen-bond donors (Lipinski definition) is 1. The van der Waals surface area contributed by atoms with Crippen LogP contribution in [0.3, 0.4) is 0 Å². The van der Waals surface area contributed by atoms with Crippen LogP contribution in [0.4, 0.5) is 5.82 Å². The first-order valence-electron chi connectivity index (χ1n) is 6.46. The summed E-state index contributed by atoms with van der Waals surface area (Å²) in [5, 5.41) is 12.3. The predicted octanol–water partition coefficient (Wildman–Crippen LogP) is 3.45. The molecule has 2 aromatic rings. The molecule has 0 unspecified atom stereocenters. The molecule has 4 heteroatoms. The van der Waals surface area contributed by atoms with E-state index in [1.165, 1.54) is 0 Å². The molecular formula is C16H17N3O. The molecule has 0 amide bonds. The number of pyridine rings is 1. The third kappa shape index (κ3) is 2.89. The summed E-state index contributed by atoms with van der Waals surface area (Å²) >= 11 is 0. The van der Waals surface area contributed by atoms with Gasteiger partial charge in [0.15, 0.2) is 0 Å². The van der Waals surface area contributed by atoms with Gasteiger partial charge in [-0.2, -0.15) is 5.26 Å². The van der Waals surface area contributed by atoms with E-state index in [0.717, 1.165) is 17.0 Å². The summed E-state index contributed by atoms with van der Waals surface area (Å²) in [5.41, 5.74) is 2.23. The third-order valence-electron chi connectivity index (χ3n) is 2.82. The van der Waals surface area contributed by atoms with Gasteiger partial charge in [-0.05, 0) is 38.1 Å². The number of rotatable bonds is 4. The Kier molecular flexibility index (Phi) is 4.21. The second kappa shape index (κ2) is 6.07. The lowest BCUT2D eigenvalue weighted by atomic mass is 10.1. The number of para-hydroxylation sites is 1. The fourth-order valence-corrected chi connectivity index (χ4v) is 1.94. The van der Waals surface area contributed by atoms with Crippen molar-refractivity contribution >= 4 is 5.82 Å². The van der Waals surface area contributed by atoms with Gasteiger partial charge in [-0.3, -0.25) is 0 Å². The topological polar surface area (TPSA) is 57.9 Å². The Morgan fingerprint density at radius 3 is 2.60 bits per heavy atom. The monoisotopic (exact) mass is 267 g/mol. The highest BCUT2D eigenvalue weighted by Gasteiger charge is 2.11. The number of anilines is 1. The van der Waals surface area contributed by atoms with E-state index in [1.807, 2.05) is 44.2 Å². The molecule has 0 atom stereocenters. The molecule has 1 aromatic carbocycles. The Morgan fingerprint density at radius 1 is 1.20 bits per heavy atom. The highest BCUT2D eigenvalue weighted by Crippen LogP contribution is 2.29. The van der Waals surface area contributed by atoms with Crippen LogP contribution in [0, 0.1) is 11.3 Å². The van der Waals surface area contributed by atoms with Crippen LogP contribution in [0.25, 0.3) is 11.3 Å². The maximum absolute atomic E-state index is 9.14. The van der Waals surface area contributed by atoms with Crippen LogP contribution in [0.2, 0.25) is 0 Å². The average molecular weight is 267 g/mol. The molecule has 1 heterocycles. The van der Waals surface area contributed by atoms with Crippen LogP contribution in [0.15, 0.2) is 36.4 Å². The molecule has 0 aliphatic heterocycles. The van der Waals surface area contributed by atoms with Gasteiger partial charge >= 0.3 is 0 Å². The van der Waals surface area contributed by atoms with Crippen LogP contribution < -0.4 is 10.1 Å². The summed E-state index contributed by atoms with van der Waals surface area (Å²) in [6.07, 6.45) is 0. The lowest BCUT2D eigenvalue weighted by Gasteiger charge is -2.13. The second-order valence-electron chi connectivity index (χ2n) is 4.70. The van der Waals surface area contributed by atoms with E-state index < -0.39 is 0 Å². The molecule has 0 saturated carbocycles. The fourth-order valence-electron chi connectivity index (χ4n) is 1.94. The Morgan fingerprint density at radius 2 is 1.95 bits per heavy atom. The molecule has 0 aliphatic rings. The minimum absolute atomic E-state index is 0.211. The molecular weight excluding hydrogens is 250 g/mol. The Labute approximate surface area is 119 Å². The summed E-state index contributed by atoms with van der Waals surface area (Å²) in [7, 11) is 1.63. The zero-order valence-electron chi connectivity index (χ0n) is 11.8. The van der Waals surface area contributed by atoms with Gasteiger partial charge in [-0.25, -0.2) is 4.98 Å². The van der Waals surface area contributed by atoms with E-state index in [-0.39, 0.29) is 6.04 Å². The number of nitriles is 1. The Balaban J connectivity index is 2.50. The first-order chi connectivity index (χ1) is 9.65. The molecule has 20 heavy (non-hydrogen) atoms. The second-order valence-corrected chi connectivity index (χ2v) is 4.70. The van der Waals surface area contributed by atoms with Gasteiger partial charge in [0.25, 0.3) is 0 Å². The van der Waals surface area contributed by atoms with Crippen molar-refractivity contribution in [2.45, 2.75) is 19.9 Å². The molecule has 1 N–H and O–H groups in total. The standard InChI is InChI=1S/C16H17N3O/c1-11(2)18-16-12(10-17)8-9-14(19-16)13-6-4-5-7-15(13)20-3/h4-9,11H,1-3H3,(H,18,19). The fraction of sp³-hybridized carbons (Fsp3) is 0.250. The van der Waals surface area contributed by atoms with Gasteiger partial charge in [-0.15, -0.1) is 0 Å². The molecule has 0 fully saturated rings.